The molecule has 0 aromatic carbocycles. The average molecular weight is 141 g/mol. The zero-order chi connectivity index (χ0) is 7.23. The number of hydrogen-bond acceptors (Lipinski definition) is 2. The van der Waals surface area contributed by atoms with Crippen LogP contribution in [0.5, 0.6) is 0 Å². The van der Waals surface area contributed by atoms with Gasteiger partial charge in [-0.25, -0.2) is 0 Å². The Bertz CT molecular complexity index is 104. The Labute approximate surface area is 62.3 Å². The maximum absolute atomic E-state index is 5.47. The van der Waals surface area contributed by atoms with Gasteiger partial charge < -0.3 is 10.1 Å². The molecule has 1 heterocycles. The van der Waals surface area contributed by atoms with Crippen molar-refractivity contribution in [3.8, 4) is 0 Å². The highest BCUT2D eigenvalue weighted by molar-refractivity contribution is 4.90. The van der Waals surface area contributed by atoms with Crippen LogP contribution in [-0.2, 0) is 4.74 Å². The molecule has 2 nitrogen and oxygen atoms in total. The van der Waals surface area contributed by atoms with Gasteiger partial charge in [-0.2, -0.15) is 0 Å². The summed E-state index contributed by atoms with van der Waals surface area (Å²) in [5.74, 6) is 0. The van der Waals surface area contributed by atoms with E-state index in [0.29, 0.717) is 0 Å². The van der Waals surface area contributed by atoms with Crippen molar-refractivity contribution in [2.24, 2.45) is 0 Å². The van der Waals surface area contributed by atoms with Crippen LogP contribution < -0.4 is 5.32 Å². The summed E-state index contributed by atoms with van der Waals surface area (Å²) in [7, 11) is 0. The van der Waals surface area contributed by atoms with Crippen LogP contribution in [0.25, 0.3) is 0 Å². The first-order valence-electron chi connectivity index (χ1n) is 3.96. The third-order valence-electron chi connectivity index (χ3n) is 1.57. The highest BCUT2D eigenvalue weighted by atomic mass is 16.5. The molecule has 0 saturated carbocycles. The van der Waals surface area contributed by atoms with E-state index in [-0.39, 0.29) is 6.23 Å². The lowest BCUT2D eigenvalue weighted by Crippen LogP contribution is -2.23. The Morgan fingerprint density at radius 3 is 3.20 bits per heavy atom. The van der Waals surface area contributed by atoms with Crippen LogP contribution in [0, 0.1) is 0 Å². The van der Waals surface area contributed by atoms with E-state index in [0.717, 1.165) is 19.4 Å². The molecule has 10 heavy (non-hydrogen) atoms. The molecule has 1 rings (SSSR count). The molecule has 0 saturated heterocycles. The lowest BCUT2D eigenvalue weighted by Gasteiger charge is -2.11. The molecule has 0 amide bonds. The minimum atomic E-state index is 0.256. The third-order valence-corrected chi connectivity index (χ3v) is 1.57. The Kier molecular flexibility index (Phi) is 3.30. The van der Waals surface area contributed by atoms with Crippen molar-refractivity contribution in [2.45, 2.75) is 32.4 Å². The van der Waals surface area contributed by atoms with Crippen LogP contribution in [-0.4, -0.2) is 12.8 Å². The molecular formula is C8H15NO. The maximum Gasteiger partial charge on any atom is 0.130 e. The normalized spacial score (nSPS) is 23.1. The topological polar surface area (TPSA) is 21.3 Å². The van der Waals surface area contributed by atoms with Crippen molar-refractivity contribution in [1.29, 1.82) is 0 Å². The number of nitrogens with one attached hydrogen (secondary N) is 1. The molecule has 0 aromatic heterocycles. The lowest BCUT2D eigenvalue weighted by molar-refractivity contribution is 0.0454. The maximum atomic E-state index is 5.47. The summed E-state index contributed by atoms with van der Waals surface area (Å²) in [5, 5.41) is 3.11. The summed E-state index contributed by atoms with van der Waals surface area (Å²) < 4.78 is 5.47. The Morgan fingerprint density at radius 1 is 1.70 bits per heavy atom. The third kappa shape index (κ3) is 2.40. The number of rotatable bonds is 4. The summed E-state index contributed by atoms with van der Waals surface area (Å²) in [4.78, 5) is 0. The minimum Gasteiger partial charge on any atom is -0.366 e. The first-order valence-corrected chi connectivity index (χ1v) is 3.96. The molecule has 0 spiro atoms. The fraction of sp³-hybridized carbons (Fsp3) is 0.750. The van der Waals surface area contributed by atoms with Crippen LogP contribution in [0.1, 0.15) is 26.2 Å². The molecule has 1 N–H and O–H groups in total. The molecule has 1 aliphatic heterocycles. The van der Waals surface area contributed by atoms with Gasteiger partial charge in [0.2, 0.25) is 0 Å². The SMILES string of the molecule is CCCCOC1CC=CN1. The molecule has 2 heteroatoms. The zero-order valence-electron chi connectivity index (χ0n) is 6.47. The van der Waals surface area contributed by atoms with Crippen LogP contribution in [0.2, 0.25) is 0 Å². The van der Waals surface area contributed by atoms with Crippen molar-refractivity contribution in [3.05, 3.63) is 12.3 Å². The minimum absolute atomic E-state index is 0.256. The fourth-order valence-electron chi connectivity index (χ4n) is 0.921. The van der Waals surface area contributed by atoms with Gasteiger partial charge in [0, 0.05) is 13.0 Å². The monoisotopic (exact) mass is 141 g/mol. The highest BCUT2D eigenvalue weighted by Crippen LogP contribution is 2.03. The first-order chi connectivity index (χ1) is 4.93. The van der Waals surface area contributed by atoms with E-state index >= 15 is 0 Å². The van der Waals surface area contributed by atoms with Crippen molar-refractivity contribution in [2.75, 3.05) is 6.61 Å². The van der Waals surface area contributed by atoms with Crippen LogP contribution >= 0.6 is 0 Å². The second kappa shape index (κ2) is 4.34. The second-order valence-corrected chi connectivity index (χ2v) is 2.52. The van der Waals surface area contributed by atoms with Gasteiger partial charge in [0.05, 0.1) is 0 Å². The molecular weight excluding hydrogens is 126 g/mol. The fourth-order valence-corrected chi connectivity index (χ4v) is 0.921. The van der Waals surface area contributed by atoms with Crippen molar-refractivity contribution in [3.63, 3.8) is 0 Å². The van der Waals surface area contributed by atoms with E-state index in [1.54, 1.807) is 0 Å². The van der Waals surface area contributed by atoms with Gasteiger partial charge >= 0.3 is 0 Å². The highest BCUT2D eigenvalue weighted by Gasteiger charge is 2.07. The lowest BCUT2D eigenvalue weighted by atomic mass is 10.3. The van der Waals surface area contributed by atoms with Crippen LogP contribution in [0.15, 0.2) is 12.3 Å². The number of ether oxygens (including phenoxy) is 1. The number of unbranched alkanes of at least 4 members (excludes halogenated alkanes) is 1. The predicted octanol–water partition coefficient (Wildman–Crippen LogP) is 1.64. The van der Waals surface area contributed by atoms with Crippen LogP contribution in [0.4, 0.5) is 0 Å². The summed E-state index contributed by atoms with van der Waals surface area (Å²) in [6.45, 7) is 3.06. The summed E-state index contributed by atoms with van der Waals surface area (Å²) >= 11 is 0. The molecule has 0 aromatic rings. The molecule has 58 valence electrons. The molecule has 1 atom stereocenters. The molecule has 0 fully saturated rings. The van der Waals surface area contributed by atoms with Gasteiger partial charge in [0.25, 0.3) is 0 Å². The smallest absolute Gasteiger partial charge is 0.130 e. The predicted molar refractivity (Wildman–Crippen MR) is 41.5 cm³/mol. The molecule has 1 aliphatic rings. The van der Waals surface area contributed by atoms with Gasteiger partial charge in [0.15, 0.2) is 0 Å². The van der Waals surface area contributed by atoms with E-state index in [9.17, 15) is 0 Å². The number of hydrogen-bond donors (Lipinski definition) is 1. The average Bonchev–Trinajstić information content (AvgIpc) is 2.41. The van der Waals surface area contributed by atoms with Gasteiger partial charge in [-0.3, -0.25) is 0 Å². The van der Waals surface area contributed by atoms with Gasteiger partial charge in [-0.1, -0.05) is 19.4 Å². The quantitative estimate of drug-likeness (QED) is 0.601. The summed E-state index contributed by atoms with van der Waals surface area (Å²) in [6.07, 6.45) is 7.70. The van der Waals surface area contributed by atoms with Gasteiger partial charge in [-0.05, 0) is 12.6 Å². The molecule has 1 unspecified atom stereocenters. The zero-order valence-corrected chi connectivity index (χ0v) is 6.47. The van der Waals surface area contributed by atoms with Crippen molar-refractivity contribution < 1.29 is 4.74 Å². The van der Waals surface area contributed by atoms with Crippen molar-refractivity contribution >= 4 is 0 Å². The van der Waals surface area contributed by atoms with Crippen LogP contribution in [0.3, 0.4) is 0 Å². The van der Waals surface area contributed by atoms with E-state index in [2.05, 4.69) is 18.3 Å². The summed E-state index contributed by atoms with van der Waals surface area (Å²) in [6, 6.07) is 0. The Hall–Kier alpha value is -0.500. The van der Waals surface area contributed by atoms with E-state index in [4.69, 9.17) is 4.74 Å². The Balaban J connectivity index is 1.93. The second-order valence-electron chi connectivity index (χ2n) is 2.52. The molecule has 0 radical (unpaired) electrons. The van der Waals surface area contributed by atoms with E-state index in [1.807, 2.05) is 6.20 Å². The molecule has 0 aliphatic carbocycles. The van der Waals surface area contributed by atoms with Gasteiger partial charge in [0.1, 0.15) is 6.23 Å². The Morgan fingerprint density at radius 2 is 2.60 bits per heavy atom. The largest absolute Gasteiger partial charge is 0.366 e. The summed E-state index contributed by atoms with van der Waals surface area (Å²) in [5.41, 5.74) is 0. The van der Waals surface area contributed by atoms with E-state index < -0.39 is 0 Å². The van der Waals surface area contributed by atoms with Crippen molar-refractivity contribution in [1.82, 2.24) is 5.32 Å². The first kappa shape index (κ1) is 7.61. The molecule has 0 bridgehead atoms. The van der Waals surface area contributed by atoms with E-state index in [1.165, 1.54) is 6.42 Å². The van der Waals surface area contributed by atoms with Gasteiger partial charge in [-0.15, -0.1) is 0 Å². The standard InChI is InChI=1S/C8H15NO/c1-2-3-7-10-8-5-4-6-9-8/h4,6,8-9H,2-3,5,7H2,1H3.